The molecule has 0 saturated heterocycles. The van der Waals surface area contributed by atoms with Gasteiger partial charge in [0.1, 0.15) is 0 Å². The molecule has 0 radical (unpaired) electrons. The first kappa shape index (κ1) is 15.1. The Labute approximate surface area is 128 Å². The van der Waals surface area contributed by atoms with Gasteiger partial charge in [-0.25, -0.2) is 0 Å². The molecule has 3 aliphatic rings. The molecule has 2 heteroatoms. The first-order chi connectivity index (χ1) is 9.99. The average molecular weight is 288 g/mol. The molecule has 2 nitrogen and oxygen atoms in total. The standard InChI is InChI=1S/C19H28O2/c1-13-17(20)11-14(12-18(13)21)7-8-15-5-3-9-19(2)10-4-6-16(15)19/h7-8,16-18,20-21H,1,3-6,9-12H2,2H3/b15-8+/t16-,17+,18+,19+/m0/s1. The number of hydrogen-bond donors (Lipinski definition) is 2. The lowest BCUT2D eigenvalue weighted by molar-refractivity contribution is 0.123. The second kappa shape index (κ2) is 5.73. The molecule has 0 aromatic heterocycles. The van der Waals surface area contributed by atoms with Crippen LogP contribution in [0.15, 0.2) is 35.5 Å². The largest absolute Gasteiger partial charge is 0.388 e. The van der Waals surface area contributed by atoms with Gasteiger partial charge in [-0.2, -0.15) is 0 Å². The Hall–Kier alpha value is -0.860. The van der Waals surface area contributed by atoms with Crippen LogP contribution in [0.2, 0.25) is 0 Å². The summed E-state index contributed by atoms with van der Waals surface area (Å²) in [6, 6.07) is 0. The van der Waals surface area contributed by atoms with E-state index in [4.69, 9.17) is 0 Å². The summed E-state index contributed by atoms with van der Waals surface area (Å²) in [7, 11) is 0. The average Bonchev–Trinajstić information content (AvgIpc) is 2.84. The maximum Gasteiger partial charge on any atom is 0.0809 e. The van der Waals surface area contributed by atoms with Crippen molar-refractivity contribution in [1.82, 2.24) is 0 Å². The highest BCUT2D eigenvalue weighted by Crippen LogP contribution is 2.54. The number of hydrogen-bond acceptors (Lipinski definition) is 2. The second-order valence-corrected chi connectivity index (χ2v) is 7.53. The van der Waals surface area contributed by atoms with Gasteiger partial charge in [0.2, 0.25) is 0 Å². The molecule has 0 aromatic carbocycles. The lowest BCUT2D eigenvalue weighted by Gasteiger charge is -2.38. The van der Waals surface area contributed by atoms with E-state index < -0.39 is 12.2 Å². The summed E-state index contributed by atoms with van der Waals surface area (Å²) in [5.41, 5.74) is 3.85. The molecule has 0 aromatic rings. The van der Waals surface area contributed by atoms with Gasteiger partial charge in [0.05, 0.1) is 12.2 Å². The minimum Gasteiger partial charge on any atom is -0.388 e. The van der Waals surface area contributed by atoms with Gasteiger partial charge in [-0.05, 0) is 61.9 Å². The van der Waals surface area contributed by atoms with Crippen LogP contribution < -0.4 is 0 Å². The highest BCUT2D eigenvalue weighted by Gasteiger charge is 2.42. The van der Waals surface area contributed by atoms with Crippen molar-refractivity contribution in [3.05, 3.63) is 35.5 Å². The van der Waals surface area contributed by atoms with Crippen molar-refractivity contribution < 1.29 is 10.2 Å². The van der Waals surface area contributed by atoms with Gasteiger partial charge >= 0.3 is 0 Å². The zero-order valence-electron chi connectivity index (χ0n) is 13.1. The SMILES string of the molecule is C=C1[C@H](O)CC(=C/C=C2\CCC[C@]3(C)CCC[C@@H]23)C[C@H]1O. The monoisotopic (exact) mass is 288 g/mol. The van der Waals surface area contributed by atoms with Gasteiger partial charge in [-0.15, -0.1) is 0 Å². The Morgan fingerprint density at radius 3 is 2.48 bits per heavy atom. The van der Waals surface area contributed by atoms with E-state index in [-0.39, 0.29) is 0 Å². The number of aliphatic hydroxyl groups excluding tert-OH is 2. The van der Waals surface area contributed by atoms with Crippen LogP contribution in [0.1, 0.15) is 58.3 Å². The van der Waals surface area contributed by atoms with Crippen molar-refractivity contribution >= 4 is 0 Å². The molecular formula is C19H28O2. The third kappa shape index (κ3) is 2.89. The van der Waals surface area contributed by atoms with Crippen molar-refractivity contribution in [2.75, 3.05) is 0 Å². The molecule has 3 fully saturated rings. The zero-order chi connectivity index (χ0) is 15.0. The Morgan fingerprint density at radius 1 is 1.10 bits per heavy atom. The zero-order valence-corrected chi connectivity index (χ0v) is 13.1. The summed E-state index contributed by atoms with van der Waals surface area (Å²) in [5, 5.41) is 19.9. The van der Waals surface area contributed by atoms with Crippen LogP contribution in [0.5, 0.6) is 0 Å². The van der Waals surface area contributed by atoms with Crippen LogP contribution in [0.4, 0.5) is 0 Å². The van der Waals surface area contributed by atoms with Crippen LogP contribution in [0, 0.1) is 11.3 Å². The third-order valence-corrected chi connectivity index (χ3v) is 6.04. The van der Waals surface area contributed by atoms with Crippen LogP contribution in [0.3, 0.4) is 0 Å². The molecule has 0 bridgehead atoms. The van der Waals surface area contributed by atoms with E-state index in [0.29, 0.717) is 23.8 Å². The third-order valence-electron chi connectivity index (χ3n) is 6.04. The summed E-state index contributed by atoms with van der Waals surface area (Å²) >= 11 is 0. The Kier molecular flexibility index (Phi) is 4.11. The van der Waals surface area contributed by atoms with Crippen LogP contribution in [-0.2, 0) is 0 Å². The maximum atomic E-state index is 9.93. The lowest BCUT2D eigenvalue weighted by atomic mass is 9.67. The summed E-state index contributed by atoms with van der Waals surface area (Å²) in [4.78, 5) is 0. The molecule has 0 spiro atoms. The molecule has 3 rings (SSSR count). The number of rotatable bonds is 1. The topological polar surface area (TPSA) is 40.5 Å². The number of fused-ring (bicyclic) bond motifs is 1. The molecule has 116 valence electrons. The Morgan fingerprint density at radius 2 is 1.76 bits per heavy atom. The molecule has 0 amide bonds. The van der Waals surface area contributed by atoms with E-state index in [0.717, 1.165) is 11.5 Å². The van der Waals surface area contributed by atoms with Gasteiger partial charge in [0.15, 0.2) is 0 Å². The molecule has 0 aliphatic heterocycles. The fourth-order valence-electron chi connectivity index (χ4n) is 4.66. The maximum absolute atomic E-state index is 9.93. The van der Waals surface area contributed by atoms with E-state index >= 15 is 0 Å². The minimum atomic E-state index is -0.582. The van der Waals surface area contributed by atoms with Crippen LogP contribution >= 0.6 is 0 Å². The fraction of sp³-hybridized carbons (Fsp3) is 0.684. The second-order valence-electron chi connectivity index (χ2n) is 7.53. The van der Waals surface area contributed by atoms with E-state index in [2.05, 4.69) is 25.7 Å². The molecular weight excluding hydrogens is 260 g/mol. The molecule has 0 heterocycles. The van der Waals surface area contributed by atoms with E-state index in [1.807, 2.05) is 0 Å². The molecule has 4 atom stereocenters. The van der Waals surface area contributed by atoms with Crippen molar-refractivity contribution in [2.24, 2.45) is 11.3 Å². The highest BCUT2D eigenvalue weighted by atomic mass is 16.3. The number of allylic oxidation sites excluding steroid dienone is 3. The molecule has 3 saturated carbocycles. The summed E-state index contributed by atoms with van der Waals surface area (Å²) < 4.78 is 0. The van der Waals surface area contributed by atoms with Crippen LogP contribution in [-0.4, -0.2) is 22.4 Å². The van der Waals surface area contributed by atoms with Crippen molar-refractivity contribution in [3.63, 3.8) is 0 Å². The van der Waals surface area contributed by atoms with Crippen LogP contribution in [0.25, 0.3) is 0 Å². The predicted molar refractivity (Wildman–Crippen MR) is 85.9 cm³/mol. The van der Waals surface area contributed by atoms with Gasteiger partial charge in [0, 0.05) is 0 Å². The number of aliphatic hydroxyl groups is 2. The molecule has 2 N–H and O–H groups in total. The van der Waals surface area contributed by atoms with Gasteiger partial charge < -0.3 is 10.2 Å². The summed E-state index contributed by atoms with van der Waals surface area (Å²) in [5.74, 6) is 0.761. The molecule has 0 unspecified atom stereocenters. The molecule has 3 aliphatic carbocycles. The fourth-order valence-corrected chi connectivity index (χ4v) is 4.66. The lowest BCUT2D eigenvalue weighted by Crippen LogP contribution is -2.28. The Balaban J connectivity index is 1.76. The van der Waals surface area contributed by atoms with Gasteiger partial charge in [-0.3, -0.25) is 0 Å². The van der Waals surface area contributed by atoms with Crippen molar-refractivity contribution in [1.29, 1.82) is 0 Å². The predicted octanol–water partition coefficient (Wildman–Crippen LogP) is 3.90. The van der Waals surface area contributed by atoms with E-state index in [1.165, 1.54) is 38.5 Å². The van der Waals surface area contributed by atoms with Crippen molar-refractivity contribution in [3.8, 4) is 0 Å². The minimum absolute atomic E-state index is 0.530. The summed E-state index contributed by atoms with van der Waals surface area (Å²) in [6.45, 7) is 6.23. The molecule has 21 heavy (non-hydrogen) atoms. The Bertz CT molecular complexity index is 472. The quantitative estimate of drug-likeness (QED) is 0.718. The van der Waals surface area contributed by atoms with E-state index in [9.17, 15) is 10.2 Å². The smallest absolute Gasteiger partial charge is 0.0809 e. The van der Waals surface area contributed by atoms with Gasteiger partial charge in [-0.1, -0.05) is 43.2 Å². The van der Waals surface area contributed by atoms with Crippen molar-refractivity contribution in [2.45, 2.75) is 70.5 Å². The first-order valence-electron chi connectivity index (χ1n) is 8.43. The summed E-state index contributed by atoms with van der Waals surface area (Å²) in [6.07, 6.45) is 12.6. The normalized spacial score (nSPS) is 42.2. The van der Waals surface area contributed by atoms with E-state index in [1.54, 1.807) is 5.57 Å². The van der Waals surface area contributed by atoms with Gasteiger partial charge in [0.25, 0.3) is 0 Å². The first-order valence-corrected chi connectivity index (χ1v) is 8.43. The highest BCUT2D eigenvalue weighted by molar-refractivity contribution is 5.29.